The fourth-order valence-corrected chi connectivity index (χ4v) is 1.26. The summed E-state index contributed by atoms with van der Waals surface area (Å²) >= 11 is 0. The highest BCUT2D eigenvalue weighted by Crippen LogP contribution is 2.12. The van der Waals surface area contributed by atoms with Crippen LogP contribution in [-0.2, 0) is 6.54 Å². The summed E-state index contributed by atoms with van der Waals surface area (Å²) < 4.78 is 5.23. The summed E-state index contributed by atoms with van der Waals surface area (Å²) in [6.07, 6.45) is 1.65. The molecular formula is C10H12N4O. The first kappa shape index (κ1) is 9.51. The Morgan fingerprint density at radius 3 is 2.80 bits per heavy atom. The summed E-state index contributed by atoms with van der Waals surface area (Å²) in [4.78, 5) is 1.94. The number of furan rings is 1. The van der Waals surface area contributed by atoms with Gasteiger partial charge in [-0.15, -0.1) is 10.2 Å². The number of hydrogen-bond acceptors (Lipinski definition) is 5. The average molecular weight is 204 g/mol. The largest absolute Gasteiger partial charge is 0.467 e. The van der Waals surface area contributed by atoms with Crippen LogP contribution in [-0.4, -0.2) is 17.2 Å². The first-order valence-electron chi connectivity index (χ1n) is 4.58. The van der Waals surface area contributed by atoms with Gasteiger partial charge in [-0.25, -0.2) is 0 Å². The predicted molar refractivity (Wildman–Crippen MR) is 57.3 cm³/mol. The van der Waals surface area contributed by atoms with E-state index in [4.69, 9.17) is 10.2 Å². The van der Waals surface area contributed by atoms with Crippen LogP contribution in [0.25, 0.3) is 0 Å². The molecule has 78 valence electrons. The van der Waals surface area contributed by atoms with Gasteiger partial charge in [0.15, 0.2) is 5.82 Å². The van der Waals surface area contributed by atoms with E-state index in [2.05, 4.69) is 10.2 Å². The van der Waals surface area contributed by atoms with Crippen LogP contribution in [0.4, 0.5) is 11.6 Å². The monoisotopic (exact) mass is 204 g/mol. The number of nitrogens with two attached hydrogens (primary N) is 1. The summed E-state index contributed by atoms with van der Waals surface area (Å²) in [5.41, 5.74) is 5.45. The molecule has 2 aromatic rings. The van der Waals surface area contributed by atoms with Crippen molar-refractivity contribution >= 4 is 11.6 Å². The van der Waals surface area contributed by atoms with E-state index in [1.54, 1.807) is 12.3 Å². The minimum Gasteiger partial charge on any atom is -0.467 e. The average Bonchev–Trinajstić information content (AvgIpc) is 2.71. The van der Waals surface area contributed by atoms with E-state index in [1.165, 1.54) is 0 Å². The van der Waals surface area contributed by atoms with E-state index in [1.807, 2.05) is 30.1 Å². The van der Waals surface area contributed by atoms with Crippen molar-refractivity contribution < 1.29 is 4.42 Å². The summed E-state index contributed by atoms with van der Waals surface area (Å²) in [7, 11) is 1.92. The second-order valence-electron chi connectivity index (χ2n) is 3.25. The highest BCUT2D eigenvalue weighted by molar-refractivity contribution is 5.40. The number of anilines is 2. The Hall–Kier alpha value is -2.04. The van der Waals surface area contributed by atoms with Gasteiger partial charge in [-0.2, -0.15) is 0 Å². The quantitative estimate of drug-likeness (QED) is 0.815. The van der Waals surface area contributed by atoms with Gasteiger partial charge in [0, 0.05) is 7.05 Å². The standard InChI is InChI=1S/C10H12N4O/c1-14(7-8-3-2-6-15-8)10-5-4-9(11)12-13-10/h2-6H,7H2,1H3,(H2,11,12). The molecule has 2 heterocycles. The van der Waals surface area contributed by atoms with Crippen LogP contribution in [0, 0.1) is 0 Å². The molecule has 0 aliphatic heterocycles. The Bertz CT molecular complexity index is 409. The molecule has 0 aliphatic carbocycles. The van der Waals surface area contributed by atoms with Crippen molar-refractivity contribution in [3.8, 4) is 0 Å². The van der Waals surface area contributed by atoms with Crippen molar-refractivity contribution in [1.29, 1.82) is 0 Å². The van der Waals surface area contributed by atoms with Gasteiger partial charge in [0.05, 0.1) is 12.8 Å². The van der Waals surface area contributed by atoms with Crippen molar-refractivity contribution in [3.05, 3.63) is 36.3 Å². The summed E-state index contributed by atoms with van der Waals surface area (Å²) in [5.74, 6) is 2.07. The Morgan fingerprint density at radius 1 is 1.33 bits per heavy atom. The van der Waals surface area contributed by atoms with Crippen molar-refractivity contribution in [1.82, 2.24) is 10.2 Å². The van der Waals surface area contributed by atoms with Crippen molar-refractivity contribution in [3.63, 3.8) is 0 Å². The third-order valence-electron chi connectivity index (χ3n) is 2.04. The van der Waals surface area contributed by atoms with E-state index in [0.717, 1.165) is 11.6 Å². The highest BCUT2D eigenvalue weighted by atomic mass is 16.3. The first-order valence-corrected chi connectivity index (χ1v) is 4.58. The van der Waals surface area contributed by atoms with E-state index in [-0.39, 0.29) is 0 Å². The zero-order chi connectivity index (χ0) is 10.7. The van der Waals surface area contributed by atoms with Gasteiger partial charge in [0.25, 0.3) is 0 Å². The molecule has 0 radical (unpaired) electrons. The molecule has 5 nitrogen and oxygen atoms in total. The predicted octanol–water partition coefficient (Wildman–Crippen LogP) is 1.29. The number of aromatic nitrogens is 2. The van der Waals surface area contributed by atoms with Crippen LogP contribution in [0.3, 0.4) is 0 Å². The lowest BCUT2D eigenvalue weighted by molar-refractivity contribution is 0.506. The summed E-state index contributed by atoms with van der Waals surface area (Å²) in [6, 6.07) is 7.32. The molecule has 0 atom stereocenters. The van der Waals surface area contributed by atoms with Gasteiger partial charge >= 0.3 is 0 Å². The van der Waals surface area contributed by atoms with E-state index in [9.17, 15) is 0 Å². The summed E-state index contributed by atoms with van der Waals surface area (Å²) in [6.45, 7) is 0.658. The van der Waals surface area contributed by atoms with Crippen LogP contribution in [0.1, 0.15) is 5.76 Å². The van der Waals surface area contributed by atoms with Gasteiger partial charge in [-0.3, -0.25) is 0 Å². The van der Waals surface area contributed by atoms with Crippen molar-refractivity contribution in [2.75, 3.05) is 17.7 Å². The Balaban J connectivity index is 2.08. The molecule has 0 aliphatic rings. The van der Waals surface area contributed by atoms with Gasteiger partial charge in [0.1, 0.15) is 11.6 Å². The topological polar surface area (TPSA) is 68.2 Å². The Morgan fingerprint density at radius 2 is 2.20 bits per heavy atom. The molecule has 2 N–H and O–H groups in total. The lowest BCUT2D eigenvalue weighted by atomic mass is 10.4. The molecule has 0 saturated carbocycles. The summed E-state index contributed by atoms with van der Waals surface area (Å²) in [5, 5.41) is 7.75. The van der Waals surface area contributed by atoms with Crippen molar-refractivity contribution in [2.24, 2.45) is 0 Å². The molecule has 0 fully saturated rings. The highest BCUT2D eigenvalue weighted by Gasteiger charge is 2.05. The normalized spacial score (nSPS) is 10.2. The maximum atomic E-state index is 5.45. The van der Waals surface area contributed by atoms with Crippen LogP contribution >= 0.6 is 0 Å². The lowest BCUT2D eigenvalue weighted by Crippen LogP contribution is -2.17. The maximum Gasteiger partial charge on any atom is 0.151 e. The lowest BCUT2D eigenvalue weighted by Gasteiger charge is -2.15. The fourth-order valence-electron chi connectivity index (χ4n) is 1.26. The van der Waals surface area contributed by atoms with E-state index in [0.29, 0.717) is 12.4 Å². The first-order chi connectivity index (χ1) is 7.25. The van der Waals surface area contributed by atoms with Crippen molar-refractivity contribution in [2.45, 2.75) is 6.54 Å². The minimum absolute atomic E-state index is 0.421. The Labute approximate surface area is 87.5 Å². The van der Waals surface area contributed by atoms with E-state index < -0.39 is 0 Å². The van der Waals surface area contributed by atoms with Crippen LogP contribution in [0.15, 0.2) is 34.9 Å². The SMILES string of the molecule is CN(Cc1ccco1)c1ccc(N)nn1. The molecule has 5 heteroatoms. The van der Waals surface area contributed by atoms with E-state index >= 15 is 0 Å². The van der Waals surface area contributed by atoms with Gasteiger partial charge < -0.3 is 15.1 Å². The third kappa shape index (κ3) is 2.25. The fraction of sp³-hybridized carbons (Fsp3) is 0.200. The van der Waals surface area contributed by atoms with Gasteiger partial charge in [-0.05, 0) is 24.3 Å². The van der Waals surface area contributed by atoms with Gasteiger partial charge in [0.2, 0.25) is 0 Å². The molecule has 0 saturated heterocycles. The van der Waals surface area contributed by atoms with Crippen LogP contribution in [0.2, 0.25) is 0 Å². The number of nitrogens with zero attached hydrogens (tertiary/aromatic N) is 3. The molecular weight excluding hydrogens is 192 g/mol. The molecule has 2 aromatic heterocycles. The molecule has 0 bridgehead atoms. The van der Waals surface area contributed by atoms with Crippen LogP contribution in [0.5, 0.6) is 0 Å². The molecule has 0 spiro atoms. The number of rotatable bonds is 3. The smallest absolute Gasteiger partial charge is 0.151 e. The molecule has 15 heavy (non-hydrogen) atoms. The number of nitrogen functional groups attached to an aromatic ring is 1. The minimum atomic E-state index is 0.421. The zero-order valence-electron chi connectivity index (χ0n) is 8.42. The maximum absolute atomic E-state index is 5.45. The molecule has 0 aromatic carbocycles. The van der Waals surface area contributed by atoms with Crippen LogP contribution < -0.4 is 10.6 Å². The number of hydrogen-bond donors (Lipinski definition) is 1. The molecule has 0 unspecified atom stereocenters. The van der Waals surface area contributed by atoms with Gasteiger partial charge in [-0.1, -0.05) is 0 Å². The third-order valence-corrected chi connectivity index (χ3v) is 2.04. The second kappa shape index (κ2) is 4.00. The molecule has 0 amide bonds. The Kier molecular flexibility index (Phi) is 2.53. The second-order valence-corrected chi connectivity index (χ2v) is 3.25. The zero-order valence-corrected chi connectivity index (χ0v) is 8.42. The molecule has 2 rings (SSSR count).